The Labute approximate surface area is 128 Å². The summed E-state index contributed by atoms with van der Waals surface area (Å²) in [4.78, 5) is 14.3. The van der Waals surface area contributed by atoms with E-state index in [1.165, 1.54) is 12.5 Å². The second kappa shape index (κ2) is 5.92. The van der Waals surface area contributed by atoms with Crippen LogP contribution in [0.25, 0.3) is 0 Å². The van der Waals surface area contributed by atoms with Crippen molar-refractivity contribution in [1.29, 1.82) is 0 Å². The van der Waals surface area contributed by atoms with Gasteiger partial charge in [-0.2, -0.15) is 0 Å². The Hall–Kier alpha value is -1.78. The molecule has 5 heteroatoms. The second-order valence-electron chi connectivity index (χ2n) is 5.20. The normalized spacial score (nSPS) is 22.3. The highest BCUT2D eigenvalue weighted by molar-refractivity contribution is 6.30. The predicted molar refractivity (Wildman–Crippen MR) is 79.4 cm³/mol. The van der Waals surface area contributed by atoms with Crippen LogP contribution in [-0.2, 0) is 4.74 Å². The first kappa shape index (κ1) is 14.2. The molecule has 2 atom stereocenters. The number of benzene rings is 1. The summed E-state index contributed by atoms with van der Waals surface area (Å²) in [6, 6.07) is 9.27. The third-order valence-corrected chi connectivity index (χ3v) is 3.92. The molecule has 1 fully saturated rings. The second-order valence-corrected chi connectivity index (χ2v) is 5.63. The van der Waals surface area contributed by atoms with Crippen LogP contribution in [0.2, 0.25) is 5.02 Å². The Kier molecular flexibility index (Phi) is 3.99. The Morgan fingerprint density at radius 2 is 2.24 bits per heavy atom. The van der Waals surface area contributed by atoms with Gasteiger partial charge in [-0.05, 0) is 30.7 Å². The van der Waals surface area contributed by atoms with Crippen LogP contribution in [0.5, 0.6) is 0 Å². The molecule has 4 nitrogen and oxygen atoms in total. The molecule has 0 spiro atoms. The van der Waals surface area contributed by atoms with Crippen molar-refractivity contribution in [1.82, 2.24) is 4.90 Å². The summed E-state index contributed by atoms with van der Waals surface area (Å²) < 4.78 is 10.8. The molecule has 2 unspecified atom stereocenters. The molecular formula is C16H16ClNO3. The average Bonchev–Trinajstić information content (AvgIpc) is 3.01. The van der Waals surface area contributed by atoms with Crippen LogP contribution in [0.3, 0.4) is 0 Å². The van der Waals surface area contributed by atoms with Crippen molar-refractivity contribution < 1.29 is 13.9 Å². The number of hydrogen-bond acceptors (Lipinski definition) is 3. The van der Waals surface area contributed by atoms with E-state index in [0.29, 0.717) is 23.7 Å². The lowest BCUT2D eigenvalue weighted by atomic mass is 10.1. The van der Waals surface area contributed by atoms with Gasteiger partial charge >= 0.3 is 0 Å². The molecule has 2 aromatic rings. The summed E-state index contributed by atoms with van der Waals surface area (Å²) in [6.07, 6.45) is 2.82. The zero-order valence-corrected chi connectivity index (χ0v) is 12.4. The van der Waals surface area contributed by atoms with E-state index in [1.807, 2.05) is 36.1 Å². The summed E-state index contributed by atoms with van der Waals surface area (Å²) in [5.41, 5.74) is 1.55. The molecule has 21 heavy (non-hydrogen) atoms. The maximum atomic E-state index is 12.5. The summed E-state index contributed by atoms with van der Waals surface area (Å²) in [6.45, 7) is 2.98. The lowest BCUT2D eigenvalue weighted by molar-refractivity contribution is -0.0486. The number of morpholine rings is 1. The van der Waals surface area contributed by atoms with Crippen molar-refractivity contribution >= 4 is 17.5 Å². The zero-order chi connectivity index (χ0) is 14.8. The van der Waals surface area contributed by atoms with Gasteiger partial charge in [0.25, 0.3) is 5.91 Å². The summed E-state index contributed by atoms with van der Waals surface area (Å²) in [7, 11) is 0. The Morgan fingerprint density at radius 1 is 1.38 bits per heavy atom. The molecule has 0 aliphatic carbocycles. The van der Waals surface area contributed by atoms with Crippen molar-refractivity contribution in [3.8, 4) is 0 Å². The lowest BCUT2D eigenvalue weighted by Gasteiger charge is -2.38. The minimum atomic E-state index is -0.157. The minimum absolute atomic E-state index is 0.0304. The average molecular weight is 306 g/mol. The van der Waals surface area contributed by atoms with Gasteiger partial charge in [0, 0.05) is 5.02 Å². The largest absolute Gasteiger partial charge is 0.472 e. The summed E-state index contributed by atoms with van der Waals surface area (Å²) in [5, 5.41) is 0.669. The van der Waals surface area contributed by atoms with E-state index in [9.17, 15) is 4.79 Å². The summed E-state index contributed by atoms with van der Waals surface area (Å²) >= 11 is 6.02. The molecule has 0 radical (unpaired) electrons. The fourth-order valence-corrected chi connectivity index (χ4v) is 2.70. The van der Waals surface area contributed by atoms with E-state index in [4.69, 9.17) is 20.8 Å². The van der Waals surface area contributed by atoms with Crippen molar-refractivity contribution in [2.75, 3.05) is 13.2 Å². The zero-order valence-electron chi connectivity index (χ0n) is 11.7. The molecular weight excluding hydrogens is 290 g/mol. The molecule has 3 rings (SSSR count). The highest BCUT2D eigenvalue weighted by atomic mass is 35.5. The van der Waals surface area contributed by atoms with Crippen LogP contribution in [0.15, 0.2) is 47.3 Å². The molecule has 2 heterocycles. The van der Waals surface area contributed by atoms with Crippen LogP contribution in [0.1, 0.15) is 28.9 Å². The first-order chi connectivity index (χ1) is 10.1. The first-order valence-electron chi connectivity index (χ1n) is 6.85. The van der Waals surface area contributed by atoms with Gasteiger partial charge in [-0.3, -0.25) is 4.79 Å². The van der Waals surface area contributed by atoms with Crippen molar-refractivity contribution in [2.45, 2.75) is 19.1 Å². The third kappa shape index (κ3) is 2.96. The van der Waals surface area contributed by atoms with Crippen molar-refractivity contribution in [2.24, 2.45) is 0 Å². The monoisotopic (exact) mass is 305 g/mol. The molecule has 0 saturated carbocycles. The number of halogens is 1. The molecule has 110 valence electrons. The Bertz CT molecular complexity index is 626. The topological polar surface area (TPSA) is 42.7 Å². The molecule has 0 bridgehead atoms. The van der Waals surface area contributed by atoms with Gasteiger partial charge in [0.15, 0.2) is 0 Å². The highest BCUT2D eigenvalue weighted by Crippen LogP contribution is 2.27. The molecule has 1 aromatic heterocycles. The Morgan fingerprint density at radius 3 is 2.95 bits per heavy atom. The fraction of sp³-hybridized carbons (Fsp3) is 0.312. The van der Waals surface area contributed by atoms with Gasteiger partial charge in [0.05, 0.1) is 31.0 Å². The van der Waals surface area contributed by atoms with Gasteiger partial charge in [-0.1, -0.05) is 23.7 Å². The van der Waals surface area contributed by atoms with Crippen LogP contribution < -0.4 is 0 Å². The van der Waals surface area contributed by atoms with E-state index in [-0.39, 0.29) is 18.1 Å². The van der Waals surface area contributed by atoms with Gasteiger partial charge in [-0.25, -0.2) is 0 Å². The number of amides is 1. The first-order valence-corrected chi connectivity index (χ1v) is 7.23. The smallest absolute Gasteiger partial charge is 0.257 e. The molecule has 1 saturated heterocycles. The maximum Gasteiger partial charge on any atom is 0.257 e. The van der Waals surface area contributed by atoms with Crippen molar-refractivity contribution in [3.05, 3.63) is 59.0 Å². The van der Waals surface area contributed by atoms with E-state index in [0.717, 1.165) is 5.56 Å². The van der Waals surface area contributed by atoms with E-state index in [2.05, 4.69) is 0 Å². The number of rotatable bonds is 2. The van der Waals surface area contributed by atoms with Crippen LogP contribution in [0.4, 0.5) is 0 Å². The summed E-state index contributed by atoms with van der Waals surface area (Å²) in [5.74, 6) is -0.0356. The van der Waals surface area contributed by atoms with Gasteiger partial charge in [-0.15, -0.1) is 0 Å². The quantitative estimate of drug-likeness (QED) is 0.852. The fourth-order valence-electron chi connectivity index (χ4n) is 2.50. The van der Waals surface area contributed by atoms with Crippen LogP contribution in [-0.4, -0.2) is 30.0 Å². The molecule has 1 aliphatic rings. The van der Waals surface area contributed by atoms with Gasteiger partial charge in [0.1, 0.15) is 12.4 Å². The Balaban J connectivity index is 1.80. The molecule has 1 aromatic carbocycles. The highest BCUT2D eigenvalue weighted by Gasteiger charge is 2.31. The predicted octanol–water partition coefficient (Wildman–Crippen LogP) is 3.54. The van der Waals surface area contributed by atoms with E-state index < -0.39 is 0 Å². The molecule has 1 aliphatic heterocycles. The van der Waals surface area contributed by atoms with E-state index >= 15 is 0 Å². The van der Waals surface area contributed by atoms with Gasteiger partial charge in [0.2, 0.25) is 0 Å². The lowest BCUT2D eigenvalue weighted by Crippen LogP contribution is -2.48. The van der Waals surface area contributed by atoms with Crippen LogP contribution in [0, 0.1) is 0 Å². The molecule has 0 N–H and O–H groups in total. The number of carbonyl (C=O) groups excluding carboxylic acids is 1. The number of hydrogen-bond donors (Lipinski definition) is 0. The minimum Gasteiger partial charge on any atom is -0.472 e. The third-order valence-electron chi connectivity index (χ3n) is 3.68. The molecule has 1 amide bonds. The van der Waals surface area contributed by atoms with Crippen molar-refractivity contribution in [3.63, 3.8) is 0 Å². The standard InChI is InChI=1S/C16H16ClNO3/c1-11-9-21-15(12-3-2-4-14(17)7-12)8-18(11)16(19)13-5-6-20-10-13/h2-7,10-11,15H,8-9H2,1H3. The maximum absolute atomic E-state index is 12.5. The SMILES string of the molecule is CC1COC(c2cccc(Cl)c2)CN1C(=O)c1ccoc1. The number of ether oxygens (including phenoxy) is 1. The van der Waals surface area contributed by atoms with E-state index in [1.54, 1.807) is 6.07 Å². The number of furan rings is 1. The van der Waals surface area contributed by atoms with Gasteiger partial charge < -0.3 is 14.1 Å². The van der Waals surface area contributed by atoms with Crippen LogP contribution >= 0.6 is 11.6 Å². The number of carbonyl (C=O) groups is 1. The number of nitrogens with zero attached hydrogens (tertiary/aromatic N) is 1.